The number of carbonyl (C=O) groups is 3. The summed E-state index contributed by atoms with van der Waals surface area (Å²) >= 11 is 1.65. The van der Waals surface area contributed by atoms with E-state index < -0.39 is 16.6 Å². The molecule has 0 heterocycles. The highest BCUT2D eigenvalue weighted by Gasteiger charge is 2.69. The van der Waals surface area contributed by atoms with E-state index in [0.717, 1.165) is 0 Å². The zero-order chi connectivity index (χ0) is 11.9. The van der Waals surface area contributed by atoms with E-state index in [0.29, 0.717) is 19.1 Å². The van der Waals surface area contributed by atoms with Gasteiger partial charge in [-0.3, -0.25) is 13.5 Å². The Morgan fingerprint density at radius 3 is 2.20 bits per heavy atom. The molecule has 2 aliphatic rings. The van der Waals surface area contributed by atoms with Gasteiger partial charge in [-0.1, -0.05) is 13.8 Å². The number of aldehydes is 1. The molecule has 5 heteroatoms. The van der Waals surface area contributed by atoms with Gasteiger partial charge in [-0.15, -0.1) is 0 Å². The van der Waals surface area contributed by atoms with E-state index in [1.807, 2.05) is 13.8 Å². The lowest BCUT2D eigenvalue weighted by atomic mass is 9.70. The van der Waals surface area contributed by atoms with Gasteiger partial charge in [-0.2, -0.15) is 0 Å². The minimum Gasteiger partial charge on any atom is -0.302 e. The van der Waals surface area contributed by atoms with Gasteiger partial charge in [0.2, 0.25) is 11.6 Å². The summed E-state index contributed by atoms with van der Waals surface area (Å²) in [6.45, 7) is 3.70. The summed E-state index contributed by atoms with van der Waals surface area (Å²) in [5, 5.41) is 0. The largest absolute Gasteiger partial charge is 0.302 e. The molecular formula is C10H14INO3. The third kappa shape index (κ3) is 1.32. The van der Waals surface area contributed by atoms with Crippen molar-refractivity contribution in [3.8, 4) is 0 Å². The number of hydrogen-bond acceptors (Lipinski definition) is 4. The van der Waals surface area contributed by atoms with Crippen LogP contribution in [0, 0.1) is 16.7 Å². The fraction of sp³-hybridized carbons (Fsp3) is 0.700. The predicted molar refractivity (Wildman–Crippen MR) is 63.2 cm³/mol. The summed E-state index contributed by atoms with van der Waals surface area (Å²) in [7, 11) is 0. The standard InChI is InChI=1S/C10H12O3.H2IN/c1-9(2)6-3-4-10(9,5-11)8(13)7(6)12;1-2/h5-6H,3-4H2,1-2H3;2H2. The highest BCUT2D eigenvalue weighted by molar-refractivity contribution is 14.1. The molecule has 2 saturated carbocycles. The van der Waals surface area contributed by atoms with Crippen molar-refractivity contribution < 1.29 is 14.4 Å². The summed E-state index contributed by atoms with van der Waals surface area (Å²) in [5.74, 6) is -1.00. The lowest BCUT2D eigenvalue weighted by Crippen LogP contribution is -2.38. The Bertz CT molecular complexity index is 327. The first-order valence-corrected chi connectivity index (χ1v) is 5.99. The highest BCUT2D eigenvalue weighted by Crippen LogP contribution is 2.61. The highest BCUT2D eigenvalue weighted by atomic mass is 127. The number of hydrogen-bond donors (Lipinski definition) is 1. The van der Waals surface area contributed by atoms with Crippen LogP contribution in [-0.4, -0.2) is 17.9 Å². The average molecular weight is 323 g/mol. The number of fused-ring (bicyclic) bond motifs is 2. The Kier molecular flexibility index (Phi) is 3.35. The molecular weight excluding hydrogens is 309 g/mol. The molecule has 2 unspecified atom stereocenters. The Balaban J connectivity index is 0.000000531. The molecule has 0 aromatic rings. The van der Waals surface area contributed by atoms with Gasteiger partial charge in [0, 0.05) is 28.8 Å². The van der Waals surface area contributed by atoms with Gasteiger partial charge in [0.25, 0.3) is 0 Å². The molecule has 0 spiro atoms. The first-order valence-electron chi connectivity index (χ1n) is 4.74. The number of nitrogens with two attached hydrogens (primary N) is 1. The molecule has 0 saturated heterocycles. The van der Waals surface area contributed by atoms with Crippen molar-refractivity contribution in [2.75, 3.05) is 0 Å². The molecule has 0 aromatic heterocycles. The van der Waals surface area contributed by atoms with Crippen LogP contribution in [0.4, 0.5) is 0 Å². The molecule has 2 fully saturated rings. The van der Waals surface area contributed by atoms with Gasteiger partial charge in [0.15, 0.2) is 0 Å². The van der Waals surface area contributed by atoms with Crippen molar-refractivity contribution >= 4 is 40.7 Å². The van der Waals surface area contributed by atoms with Crippen LogP contribution in [0.5, 0.6) is 0 Å². The molecule has 2 N–H and O–H groups in total. The number of ketones is 2. The second kappa shape index (κ2) is 3.93. The average Bonchev–Trinajstić information content (AvgIpc) is 2.57. The SMILES string of the molecule is CC1(C)C2CCC1(C=O)C(=O)C2=O.NI. The molecule has 0 amide bonds. The lowest BCUT2D eigenvalue weighted by Gasteiger charge is -2.29. The normalized spacial score (nSPS) is 36.1. The monoisotopic (exact) mass is 323 g/mol. The Morgan fingerprint density at radius 2 is 1.93 bits per heavy atom. The summed E-state index contributed by atoms with van der Waals surface area (Å²) in [6.07, 6.45) is 1.94. The van der Waals surface area contributed by atoms with Crippen molar-refractivity contribution in [1.82, 2.24) is 0 Å². The van der Waals surface area contributed by atoms with Crippen LogP contribution in [0.1, 0.15) is 26.7 Å². The van der Waals surface area contributed by atoms with Crippen LogP contribution in [0.2, 0.25) is 0 Å². The molecule has 2 rings (SSSR count). The number of carbonyl (C=O) groups excluding carboxylic acids is 3. The van der Waals surface area contributed by atoms with Crippen molar-refractivity contribution in [3.05, 3.63) is 0 Å². The van der Waals surface area contributed by atoms with E-state index in [2.05, 4.69) is 3.95 Å². The number of Topliss-reactive ketones (excluding diaryl/α,β-unsaturated/α-hetero) is 2. The predicted octanol–water partition coefficient (Wildman–Crippen LogP) is 1.05. The van der Waals surface area contributed by atoms with Crippen molar-refractivity contribution in [1.29, 1.82) is 0 Å². The fourth-order valence-corrected chi connectivity index (χ4v) is 2.87. The Morgan fingerprint density at radius 1 is 1.40 bits per heavy atom. The van der Waals surface area contributed by atoms with Crippen molar-refractivity contribution in [3.63, 3.8) is 0 Å². The third-order valence-corrected chi connectivity index (χ3v) is 3.99. The molecule has 2 bridgehead atoms. The van der Waals surface area contributed by atoms with Gasteiger partial charge in [-0.25, -0.2) is 0 Å². The van der Waals surface area contributed by atoms with Gasteiger partial charge in [-0.05, 0) is 18.3 Å². The molecule has 84 valence electrons. The molecule has 0 aliphatic heterocycles. The minimum absolute atomic E-state index is 0.217. The molecule has 2 aliphatic carbocycles. The van der Waals surface area contributed by atoms with Gasteiger partial charge >= 0.3 is 0 Å². The summed E-state index contributed by atoms with van der Waals surface area (Å²) < 4.78 is 4.47. The van der Waals surface area contributed by atoms with Crippen LogP contribution in [-0.2, 0) is 14.4 Å². The number of halogens is 1. The summed E-state index contributed by atoms with van der Waals surface area (Å²) in [5.41, 5.74) is -1.45. The molecule has 0 aromatic carbocycles. The van der Waals surface area contributed by atoms with Crippen molar-refractivity contribution in [2.45, 2.75) is 26.7 Å². The van der Waals surface area contributed by atoms with Crippen LogP contribution < -0.4 is 3.95 Å². The zero-order valence-corrected chi connectivity index (χ0v) is 10.9. The fourth-order valence-electron chi connectivity index (χ4n) is 2.87. The zero-order valence-electron chi connectivity index (χ0n) is 8.75. The molecule has 0 radical (unpaired) electrons. The molecule has 4 nitrogen and oxygen atoms in total. The third-order valence-electron chi connectivity index (χ3n) is 3.99. The quantitative estimate of drug-likeness (QED) is 0.257. The van der Waals surface area contributed by atoms with Crippen LogP contribution in [0.25, 0.3) is 0 Å². The maximum absolute atomic E-state index is 11.6. The second-order valence-electron chi connectivity index (χ2n) is 4.60. The Hall–Kier alpha value is -0.300. The van der Waals surface area contributed by atoms with E-state index in [1.54, 1.807) is 22.9 Å². The number of rotatable bonds is 1. The van der Waals surface area contributed by atoms with E-state index in [-0.39, 0.29) is 11.7 Å². The summed E-state index contributed by atoms with van der Waals surface area (Å²) in [4.78, 5) is 34.0. The van der Waals surface area contributed by atoms with Gasteiger partial charge < -0.3 is 4.79 Å². The first kappa shape index (κ1) is 12.8. The van der Waals surface area contributed by atoms with Crippen LogP contribution >= 0.6 is 22.9 Å². The molecule has 15 heavy (non-hydrogen) atoms. The topological polar surface area (TPSA) is 77.2 Å². The lowest BCUT2D eigenvalue weighted by molar-refractivity contribution is -0.144. The van der Waals surface area contributed by atoms with Gasteiger partial charge in [0.1, 0.15) is 6.29 Å². The van der Waals surface area contributed by atoms with Crippen LogP contribution in [0.15, 0.2) is 0 Å². The maximum Gasteiger partial charge on any atom is 0.212 e. The van der Waals surface area contributed by atoms with Gasteiger partial charge in [0.05, 0.1) is 5.41 Å². The van der Waals surface area contributed by atoms with E-state index in [9.17, 15) is 14.4 Å². The first-order chi connectivity index (χ1) is 6.97. The smallest absolute Gasteiger partial charge is 0.212 e. The summed E-state index contributed by atoms with van der Waals surface area (Å²) in [6, 6.07) is 0. The van der Waals surface area contributed by atoms with E-state index in [1.165, 1.54) is 0 Å². The Labute approximate surface area is 102 Å². The van der Waals surface area contributed by atoms with E-state index >= 15 is 0 Å². The minimum atomic E-state index is -0.991. The van der Waals surface area contributed by atoms with E-state index in [4.69, 9.17) is 0 Å². The molecule has 2 atom stereocenters. The van der Waals surface area contributed by atoms with Crippen molar-refractivity contribution in [2.24, 2.45) is 20.7 Å². The van der Waals surface area contributed by atoms with Crippen LogP contribution in [0.3, 0.4) is 0 Å². The second-order valence-corrected chi connectivity index (χ2v) is 4.60. The maximum atomic E-state index is 11.6.